The number of sulfonamides is 1. The number of morpholine rings is 1. The standard InChI is InChI=1S/C23H25N5O4S2/c1-3-28-20-10-9-18(34(29,30)27-11-13-31-14-12-27)15-19(20)24-23(28)33-16(2)21-25-26-22(32-21)17-7-5-4-6-8-17/h4-10,15-16H,3,11-14H2,1-2H3. The maximum absolute atomic E-state index is 13.1. The monoisotopic (exact) mass is 499 g/mol. The lowest BCUT2D eigenvalue weighted by Gasteiger charge is -2.26. The number of nitrogens with zero attached hydrogens (tertiary/aromatic N) is 5. The summed E-state index contributed by atoms with van der Waals surface area (Å²) >= 11 is 1.50. The topological polar surface area (TPSA) is 103 Å². The molecule has 11 heteroatoms. The first-order chi connectivity index (χ1) is 16.5. The summed E-state index contributed by atoms with van der Waals surface area (Å²) in [6, 6.07) is 14.8. The van der Waals surface area contributed by atoms with Crippen LogP contribution in [0.2, 0.25) is 0 Å². The predicted octanol–water partition coefficient (Wildman–Crippen LogP) is 3.98. The number of hydrogen-bond acceptors (Lipinski definition) is 8. The lowest BCUT2D eigenvalue weighted by molar-refractivity contribution is 0.0730. The quantitative estimate of drug-likeness (QED) is 0.352. The number of benzene rings is 2. The van der Waals surface area contributed by atoms with Crippen LogP contribution in [0.3, 0.4) is 0 Å². The van der Waals surface area contributed by atoms with Crippen molar-refractivity contribution in [1.82, 2.24) is 24.1 Å². The average molecular weight is 500 g/mol. The Bertz CT molecular complexity index is 1400. The van der Waals surface area contributed by atoms with Crippen LogP contribution in [0.5, 0.6) is 0 Å². The maximum Gasteiger partial charge on any atom is 0.247 e. The van der Waals surface area contributed by atoms with Crippen LogP contribution in [0.25, 0.3) is 22.5 Å². The van der Waals surface area contributed by atoms with Gasteiger partial charge in [-0.3, -0.25) is 0 Å². The molecule has 0 radical (unpaired) electrons. The first-order valence-corrected chi connectivity index (χ1v) is 13.4. The first kappa shape index (κ1) is 23.0. The van der Waals surface area contributed by atoms with Gasteiger partial charge in [-0.05, 0) is 44.2 Å². The molecule has 9 nitrogen and oxygen atoms in total. The molecule has 0 bridgehead atoms. The van der Waals surface area contributed by atoms with Crippen molar-refractivity contribution in [3.63, 3.8) is 0 Å². The number of aryl methyl sites for hydroxylation is 1. The molecule has 178 valence electrons. The molecule has 1 unspecified atom stereocenters. The summed E-state index contributed by atoms with van der Waals surface area (Å²) in [7, 11) is -3.59. The largest absolute Gasteiger partial charge is 0.419 e. The van der Waals surface area contributed by atoms with Gasteiger partial charge in [0.1, 0.15) is 0 Å². The lowest BCUT2D eigenvalue weighted by Crippen LogP contribution is -2.40. The third-order valence-electron chi connectivity index (χ3n) is 5.70. The molecule has 34 heavy (non-hydrogen) atoms. The van der Waals surface area contributed by atoms with E-state index >= 15 is 0 Å². The van der Waals surface area contributed by atoms with Gasteiger partial charge in [-0.15, -0.1) is 10.2 Å². The SMILES string of the molecule is CCn1c(SC(C)c2nnc(-c3ccccc3)o2)nc2cc(S(=O)(=O)N3CCOCC3)ccc21. The molecule has 0 aliphatic carbocycles. The zero-order valence-corrected chi connectivity index (χ0v) is 20.6. The number of imidazole rings is 1. The Kier molecular flexibility index (Phi) is 6.43. The Hall–Kier alpha value is -2.73. The molecule has 0 N–H and O–H groups in total. The normalized spacial score (nSPS) is 16.2. The zero-order chi connectivity index (χ0) is 23.7. The van der Waals surface area contributed by atoms with Crippen molar-refractivity contribution in [3.05, 3.63) is 54.4 Å². The second kappa shape index (κ2) is 9.49. The van der Waals surface area contributed by atoms with Crippen molar-refractivity contribution < 1.29 is 17.6 Å². The van der Waals surface area contributed by atoms with Crippen molar-refractivity contribution in [2.45, 2.75) is 35.7 Å². The van der Waals surface area contributed by atoms with Gasteiger partial charge < -0.3 is 13.7 Å². The Labute approximate surface area is 202 Å². The molecule has 4 aromatic rings. The smallest absolute Gasteiger partial charge is 0.247 e. The van der Waals surface area contributed by atoms with Gasteiger partial charge in [-0.2, -0.15) is 4.31 Å². The summed E-state index contributed by atoms with van der Waals surface area (Å²) in [6.45, 7) is 6.25. The number of thioether (sulfide) groups is 1. The van der Waals surface area contributed by atoms with Gasteiger partial charge in [0, 0.05) is 25.2 Å². The van der Waals surface area contributed by atoms with Crippen LogP contribution in [0.15, 0.2) is 63.0 Å². The van der Waals surface area contributed by atoms with E-state index in [1.165, 1.54) is 16.1 Å². The molecule has 1 fully saturated rings. The van der Waals surface area contributed by atoms with Gasteiger partial charge in [0.05, 0.1) is 34.4 Å². The van der Waals surface area contributed by atoms with E-state index < -0.39 is 10.0 Å². The molecule has 3 heterocycles. The number of hydrogen-bond donors (Lipinski definition) is 0. The summed E-state index contributed by atoms with van der Waals surface area (Å²) in [6.07, 6.45) is 0. The fourth-order valence-corrected chi connectivity index (χ4v) is 6.33. The van der Waals surface area contributed by atoms with Gasteiger partial charge in [0.25, 0.3) is 0 Å². The van der Waals surface area contributed by atoms with E-state index in [0.717, 1.165) is 16.2 Å². The molecule has 0 amide bonds. The first-order valence-electron chi connectivity index (χ1n) is 11.1. The minimum Gasteiger partial charge on any atom is -0.419 e. The van der Waals surface area contributed by atoms with Crippen molar-refractivity contribution in [1.29, 1.82) is 0 Å². The van der Waals surface area contributed by atoms with Crippen LogP contribution >= 0.6 is 11.8 Å². The van der Waals surface area contributed by atoms with Crippen molar-refractivity contribution in [2.75, 3.05) is 26.3 Å². The Morgan fingerprint density at radius 1 is 1.09 bits per heavy atom. The van der Waals surface area contributed by atoms with Crippen LogP contribution < -0.4 is 0 Å². The molecular formula is C23H25N5O4S2. The van der Waals surface area contributed by atoms with Gasteiger partial charge in [0.2, 0.25) is 21.8 Å². The average Bonchev–Trinajstić information content (AvgIpc) is 3.49. The van der Waals surface area contributed by atoms with E-state index in [1.807, 2.05) is 50.2 Å². The van der Waals surface area contributed by atoms with Gasteiger partial charge >= 0.3 is 0 Å². The number of rotatable bonds is 7. The molecule has 0 saturated carbocycles. The fraction of sp³-hybridized carbons (Fsp3) is 0.348. The summed E-state index contributed by atoms with van der Waals surface area (Å²) in [5, 5.41) is 9.04. The Morgan fingerprint density at radius 2 is 1.85 bits per heavy atom. The van der Waals surface area contributed by atoms with E-state index in [2.05, 4.69) is 14.8 Å². The molecule has 1 aliphatic heterocycles. The highest BCUT2D eigenvalue weighted by Crippen LogP contribution is 2.36. The molecule has 0 spiro atoms. The predicted molar refractivity (Wildman–Crippen MR) is 129 cm³/mol. The van der Waals surface area contributed by atoms with Crippen LogP contribution in [-0.2, 0) is 21.3 Å². The van der Waals surface area contributed by atoms with E-state index in [1.54, 1.807) is 12.1 Å². The summed E-state index contributed by atoms with van der Waals surface area (Å²) < 4.78 is 40.9. The van der Waals surface area contributed by atoms with Crippen molar-refractivity contribution >= 4 is 32.8 Å². The fourth-order valence-electron chi connectivity index (χ4n) is 3.88. The van der Waals surface area contributed by atoms with Gasteiger partial charge in [-0.1, -0.05) is 30.0 Å². The Morgan fingerprint density at radius 3 is 2.59 bits per heavy atom. The highest BCUT2D eigenvalue weighted by atomic mass is 32.2. The molecule has 2 aromatic heterocycles. The van der Waals surface area contributed by atoms with Gasteiger partial charge in [0.15, 0.2) is 5.16 Å². The van der Waals surface area contributed by atoms with Crippen molar-refractivity contribution in [2.24, 2.45) is 0 Å². The number of aromatic nitrogens is 4. The lowest BCUT2D eigenvalue weighted by atomic mass is 10.2. The second-order valence-electron chi connectivity index (χ2n) is 7.88. The van der Waals surface area contributed by atoms with E-state index in [9.17, 15) is 8.42 Å². The zero-order valence-electron chi connectivity index (χ0n) is 18.9. The molecule has 1 aliphatic rings. The highest BCUT2D eigenvalue weighted by Gasteiger charge is 2.27. The molecule has 1 atom stereocenters. The third kappa shape index (κ3) is 4.36. The van der Waals surface area contributed by atoms with Crippen LogP contribution in [-0.4, -0.2) is 58.8 Å². The number of ether oxygens (including phenoxy) is 1. The van der Waals surface area contributed by atoms with Crippen LogP contribution in [0.1, 0.15) is 25.0 Å². The van der Waals surface area contributed by atoms with Crippen LogP contribution in [0.4, 0.5) is 0 Å². The number of fused-ring (bicyclic) bond motifs is 1. The third-order valence-corrected chi connectivity index (χ3v) is 8.67. The van der Waals surface area contributed by atoms with Crippen LogP contribution in [0, 0.1) is 0 Å². The summed E-state index contributed by atoms with van der Waals surface area (Å²) in [4.78, 5) is 5.01. The summed E-state index contributed by atoms with van der Waals surface area (Å²) in [5.74, 6) is 0.985. The highest BCUT2D eigenvalue weighted by molar-refractivity contribution is 7.99. The molecule has 2 aromatic carbocycles. The van der Waals surface area contributed by atoms with E-state index in [0.29, 0.717) is 50.1 Å². The molecule has 5 rings (SSSR count). The van der Waals surface area contributed by atoms with E-state index in [-0.39, 0.29) is 10.1 Å². The molecular weight excluding hydrogens is 474 g/mol. The molecule has 1 saturated heterocycles. The Balaban J connectivity index is 1.42. The van der Waals surface area contributed by atoms with Gasteiger partial charge in [-0.25, -0.2) is 13.4 Å². The van der Waals surface area contributed by atoms with Crippen molar-refractivity contribution in [3.8, 4) is 11.5 Å². The minimum atomic E-state index is -3.59. The minimum absolute atomic E-state index is 0.136. The van der Waals surface area contributed by atoms with E-state index in [4.69, 9.17) is 14.1 Å². The maximum atomic E-state index is 13.1. The summed E-state index contributed by atoms with van der Waals surface area (Å²) in [5.41, 5.74) is 2.39. The second-order valence-corrected chi connectivity index (χ2v) is 11.1.